The number of halogens is 4. The zero-order valence-electron chi connectivity index (χ0n) is 9.72. The van der Waals surface area contributed by atoms with E-state index in [-0.39, 0.29) is 12.1 Å². The molecule has 0 aromatic heterocycles. The van der Waals surface area contributed by atoms with Crippen molar-refractivity contribution in [1.29, 1.82) is 0 Å². The van der Waals surface area contributed by atoms with Crippen LogP contribution in [0.4, 0.5) is 17.6 Å². The lowest BCUT2D eigenvalue weighted by Crippen LogP contribution is -2.23. The highest BCUT2D eigenvalue weighted by atomic mass is 19.4. The van der Waals surface area contributed by atoms with Gasteiger partial charge in [0.25, 0.3) is 0 Å². The van der Waals surface area contributed by atoms with E-state index >= 15 is 0 Å². The van der Waals surface area contributed by atoms with Crippen LogP contribution >= 0.6 is 0 Å². The fourth-order valence-corrected chi connectivity index (χ4v) is 1.59. The quantitative estimate of drug-likeness (QED) is 0.670. The molecule has 0 radical (unpaired) electrons. The van der Waals surface area contributed by atoms with Crippen molar-refractivity contribution in [2.45, 2.75) is 19.5 Å². The van der Waals surface area contributed by atoms with Crippen LogP contribution in [-0.2, 0) is 6.18 Å². The highest BCUT2D eigenvalue weighted by Crippen LogP contribution is 2.32. The van der Waals surface area contributed by atoms with Gasteiger partial charge in [0, 0.05) is 18.0 Å². The number of carbonyl (C=O) groups excluding carboxylic acids is 1. The van der Waals surface area contributed by atoms with Crippen molar-refractivity contribution in [1.82, 2.24) is 0 Å². The summed E-state index contributed by atoms with van der Waals surface area (Å²) in [5.41, 5.74) is 3.76. The summed E-state index contributed by atoms with van der Waals surface area (Å²) in [4.78, 5) is 11.8. The number of rotatable bonds is 4. The van der Waals surface area contributed by atoms with Gasteiger partial charge in [-0.2, -0.15) is 13.2 Å². The van der Waals surface area contributed by atoms with Crippen LogP contribution in [0, 0.1) is 11.7 Å². The summed E-state index contributed by atoms with van der Waals surface area (Å²) in [5, 5.41) is 0. The Bertz CT molecular complexity index is 438. The lowest BCUT2D eigenvalue weighted by Gasteiger charge is -2.13. The zero-order chi connectivity index (χ0) is 13.9. The van der Waals surface area contributed by atoms with Crippen molar-refractivity contribution in [3.05, 3.63) is 35.1 Å². The number of carbonyl (C=O) groups is 1. The number of alkyl halides is 3. The Morgan fingerprint density at radius 1 is 1.39 bits per heavy atom. The van der Waals surface area contributed by atoms with Crippen LogP contribution in [0.3, 0.4) is 0 Å². The van der Waals surface area contributed by atoms with Crippen molar-refractivity contribution in [2.75, 3.05) is 6.54 Å². The maximum atomic E-state index is 13.0. The van der Waals surface area contributed by atoms with Crippen molar-refractivity contribution in [3.63, 3.8) is 0 Å². The number of hydrogen-bond acceptors (Lipinski definition) is 2. The molecule has 100 valence electrons. The summed E-state index contributed by atoms with van der Waals surface area (Å²) < 4.78 is 50.5. The first-order valence-electron chi connectivity index (χ1n) is 5.42. The van der Waals surface area contributed by atoms with Gasteiger partial charge in [0.15, 0.2) is 5.78 Å². The van der Waals surface area contributed by atoms with E-state index in [4.69, 9.17) is 5.73 Å². The molecule has 0 spiro atoms. The van der Waals surface area contributed by atoms with Gasteiger partial charge in [0.05, 0.1) is 5.56 Å². The molecular formula is C12H13F4NO. The van der Waals surface area contributed by atoms with E-state index in [1.165, 1.54) is 0 Å². The van der Waals surface area contributed by atoms with E-state index in [1.54, 1.807) is 6.92 Å². The molecule has 1 aromatic carbocycles. The summed E-state index contributed by atoms with van der Waals surface area (Å²) in [5.74, 6) is -2.43. The smallest absolute Gasteiger partial charge is 0.330 e. The van der Waals surface area contributed by atoms with E-state index in [0.717, 1.165) is 6.07 Å². The first-order chi connectivity index (χ1) is 8.31. The first kappa shape index (κ1) is 14.6. The first-order valence-corrected chi connectivity index (χ1v) is 5.42. The predicted octanol–water partition coefficient (Wildman–Crippen LogP) is 3.01. The van der Waals surface area contributed by atoms with E-state index < -0.39 is 29.3 Å². The summed E-state index contributed by atoms with van der Waals surface area (Å²) in [6.07, 6.45) is -4.39. The fraction of sp³-hybridized carbons (Fsp3) is 0.417. The van der Waals surface area contributed by atoms with Crippen molar-refractivity contribution < 1.29 is 22.4 Å². The molecule has 0 bridgehead atoms. The van der Waals surface area contributed by atoms with Crippen LogP contribution in [-0.4, -0.2) is 12.3 Å². The second kappa shape index (κ2) is 5.48. The molecule has 0 saturated carbocycles. The molecule has 1 unspecified atom stereocenters. The molecule has 0 aliphatic rings. The normalized spacial score (nSPS) is 13.4. The van der Waals surface area contributed by atoms with Crippen LogP contribution in [0.5, 0.6) is 0 Å². The van der Waals surface area contributed by atoms with Gasteiger partial charge in [-0.1, -0.05) is 6.92 Å². The van der Waals surface area contributed by atoms with Crippen LogP contribution in [0.2, 0.25) is 0 Å². The van der Waals surface area contributed by atoms with Crippen molar-refractivity contribution in [2.24, 2.45) is 11.7 Å². The summed E-state index contributed by atoms with van der Waals surface area (Å²) in [6.45, 7) is 1.76. The lowest BCUT2D eigenvalue weighted by molar-refractivity contribution is -0.140. The summed E-state index contributed by atoms with van der Waals surface area (Å²) in [6, 6.07) is 2.24. The highest BCUT2D eigenvalue weighted by molar-refractivity contribution is 5.98. The SMILES string of the molecule is CCC(CN)C(=O)c1ccc(F)c(C(F)(F)F)c1. The van der Waals surface area contributed by atoms with Gasteiger partial charge >= 0.3 is 6.18 Å². The van der Waals surface area contributed by atoms with Gasteiger partial charge in [-0.15, -0.1) is 0 Å². The minimum Gasteiger partial charge on any atom is -0.330 e. The third-order valence-electron chi connectivity index (χ3n) is 2.70. The highest BCUT2D eigenvalue weighted by Gasteiger charge is 2.35. The summed E-state index contributed by atoms with van der Waals surface area (Å²) >= 11 is 0. The Kier molecular flexibility index (Phi) is 4.45. The molecule has 0 saturated heterocycles. The Hall–Kier alpha value is -1.43. The zero-order valence-corrected chi connectivity index (χ0v) is 9.72. The molecule has 18 heavy (non-hydrogen) atoms. The monoisotopic (exact) mass is 263 g/mol. The van der Waals surface area contributed by atoms with E-state index in [1.807, 2.05) is 0 Å². The van der Waals surface area contributed by atoms with Gasteiger partial charge in [0.2, 0.25) is 0 Å². The number of hydrogen-bond donors (Lipinski definition) is 1. The maximum absolute atomic E-state index is 13.0. The molecule has 1 aromatic rings. The standard InChI is InChI=1S/C12H13F4NO/c1-2-7(6-17)11(18)8-3-4-10(13)9(5-8)12(14,15)16/h3-5,7H,2,6,17H2,1H3. The molecule has 0 aliphatic heterocycles. The molecule has 0 fully saturated rings. The van der Waals surface area contributed by atoms with Crippen molar-refractivity contribution in [3.8, 4) is 0 Å². The van der Waals surface area contributed by atoms with E-state index in [9.17, 15) is 22.4 Å². The molecule has 1 rings (SSSR count). The van der Waals surface area contributed by atoms with Gasteiger partial charge in [-0.05, 0) is 24.6 Å². The molecule has 6 heteroatoms. The largest absolute Gasteiger partial charge is 0.419 e. The molecular weight excluding hydrogens is 250 g/mol. The second-order valence-corrected chi connectivity index (χ2v) is 3.90. The van der Waals surface area contributed by atoms with E-state index in [2.05, 4.69) is 0 Å². The maximum Gasteiger partial charge on any atom is 0.419 e. The Balaban J connectivity index is 3.17. The molecule has 1 atom stereocenters. The number of nitrogens with two attached hydrogens (primary N) is 1. The molecule has 2 nitrogen and oxygen atoms in total. The Morgan fingerprint density at radius 3 is 2.44 bits per heavy atom. The minimum atomic E-state index is -4.81. The van der Waals surface area contributed by atoms with Gasteiger partial charge < -0.3 is 5.73 Å². The number of ketones is 1. The number of benzene rings is 1. The average molecular weight is 263 g/mol. The summed E-state index contributed by atoms with van der Waals surface area (Å²) in [7, 11) is 0. The van der Waals surface area contributed by atoms with Crippen LogP contribution in [0.1, 0.15) is 29.3 Å². The Morgan fingerprint density at radius 2 is 2.00 bits per heavy atom. The predicted molar refractivity (Wildman–Crippen MR) is 58.6 cm³/mol. The topological polar surface area (TPSA) is 43.1 Å². The third-order valence-corrected chi connectivity index (χ3v) is 2.70. The van der Waals surface area contributed by atoms with Crippen molar-refractivity contribution >= 4 is 5.78 Å². The third kappa shape index (κ3) is 3.07. The average Bonchev–Trinajstić information content (AvgIpc) is 2.29. The van der Waals surface area contributed by atoms with Gasteiger partial charge in [-0.3, -0.25) is 4.79 Å². The molecule has 2 N–H and O–H groups in total. The fourth-order valence-electron chi connectivity index (χ4n) is 1.59. The van der Waals surface area contributed by atoms with Crippen LogP contribution < -0.4 is 5.73 Å². The number of Topliss-reactive ketones (excluding diaryl/α,β-unsaturated/α-hetero) is 1. The van der Waals surface area contributed by atoms with Crippen LogP contribution in [0.25, 0.3) is 0 Å². The lowest BCUT2D eigenvalue weighted by atomic mass is 9.94. The molecule has 0 heterocycles. The second-order valence-electron chi connectivity index (χ2n) is 3.90. The van der Waals surface area contributed by atoms with E-state index in [0.29, 0.717) is 18.6 Å². The van der Waals surface area contributed by atoms with Crippen LogP contribution in [0.15, 0.2) is 18.2 Å². The van der Waals surface area contributed by atoms with Gasteiger partial charge in [0.1, 0.15) is 5.82 Å². The minimum absolute atomic E-state index is 0.0497. The Labute approximate surface area is 102 Å². The molecule has 0 amide bonds. The molecule has 0 aliphatic carbocycles. The van der Waals surface area contributed by atoms with Gasteiger partial charge in [-0.25, -0.2) is 4.39 Å².